The summed E-state index contributed by atoms with van der Waals surface area (Å²) in [6, 6.07) is 14.4. The van der Waals surface area contributed by atoms with Crippen molar-refractivity contribution < 1.29 is 19.2 Å². The van der Waals surface area contributed by atoms with E-state index < -0.39 is 29.9 Å². The van der Waals surface area contributed by atoms with E-state index >= 15 is 0 Å². The zero-order valence-corrected chi connectivity index (χ0v) is 23.2. The van der Waals surface area contributed by atoms with Gasteiger partial charge in [-0.3, -0.25) is 14.4 Å². The summed E-state index contributed by atoms with van der Waals surface area (Å²) in [5.74, 6) is -1.28. The van der Waals surface area contributed by atoms with E-state index in [4.69, 9.17) is 0 Å². The van der Waals surface area contributed by atoms with Gasteiger partial charge < -0.3 is 30.5 Å². The first-order valence-corrected chi connectivity index (χ1v) is 13.7. The molecular weight excluding hydrogens is 494 g/mol. The minimum atomic E-state index is -0.894. The SMILES string of the molecule is CCCC[C@@H](C=O)NC(=O)[C@H](C)NC(=O)[C@H](Cc1ccccc1)NC(=O)c1ccc(N2CCN(C)CC2)cc1. The Morgan fingerprint density at radius 1 is 0.897 bits per heavy atom. The van der Waals surface area contributed by atoms with Crippen LogP contribution >= 0.6 is 0 Å². The predicted molar refractivity (Wildman–Crippen MR) is 153 cm³/mol. The standard InChI is InChI=1S/C30H41N5O4/c1-4-5-11-25(21-36)32-28(37)22(2)31-30(39)27(20-23-9-7-6-8-10-23)33-29(38)24-12-14-26(15-13-24)35-18-16-34(3)17-19-35/h6-10,12-15,21-22,25,27H,4-5,11,16-20H2,1-3H3,(H,31,39)(H,32,37)(H,33,38)/t22-,25-,27-/m0/s1. The Morgan fingerprint density at radius 2 is 1.56 bits per heavy atom. The lowest BCUT2D eigenvalue weighted by atomic mass is 10.0. The molecule has 9 heteroatoms. The molecule has 2 aromatic rings. The number of likely N-dealkylation sites (N-methyl/N-ethyl adjacent to an activating group) is 1. The van der Waals surface area contributed by atoms with Crippen LogP contribution in [-0.4, -0.2) is 80.3 Å². The van der Waals surface area contributed by atoms with Crippen molar-refractivity contribution in [1.29, 1.82) is 0 Å². The Morgan fingerprint density at radius 3 is 2.18 bits per heavy atom. The maximum absolute atomic E-state index is 13.3. The number of piperazine rings is 1. The van der Waals surface area contributed by atoms with Crippen LogP contribution in [0.25, 0.3) is 0 Å². The zero-order valence-electron chi connectivity index (χ0n) is 23.2. The van der Waals surface area contributed by atoms with Crippen molar-refractivity contribution >= 4 is 29.7 Å². The van der Waals surface area contributed by atoms with Gasteiger partial charge in [-0.1, -0.05) is 50.1 Å². The van der Waals surface area contributed by atoms with Crippen molar-refractivity contribution in [2.75, 3.05) is 38.1 Å². The van der Waals surface area contributed by atoms with Crippen molar-refractivity contribution in [2.45, 2.75) is 57.7 Å². The van der Waals surface area contributed by atoms with E-state index in [1.807, 2.05) is 49.4 Å². The third-order valence-electron chi connectivity index (χ3n) is 7.02. The number of carbonyl (C=O) groups excluding carboxylic acids is 4. The Bertz CT molecular complexity index is 1080. The molecule has 3 amide bonds. The van der Waals surface area contributed by atoms with Crippen LogP contribution in [0.15, 0.2) is 54.6 Å². The average Bonchev–Trinajstić information content (AvgIpc) is 2.95. The Labute approximate surface area is 231 Å². The molecule has 1 aliphatic rings. The number of unbranched alkanes of at least 4 members (excludes halogenated alkanes) is 1. The number of amides is 3. The first kappa shape index (κ1) is 29.8. The zero-order chi connectivity index (χ0) is 28.2. The summed E-state index contributed by atoms with van der Waals surface area (Å²) in [4.78, 5) is 55.0. The fourth-order valence-corrected chi connectivity index (χ4v) is 4.47. The van der Waals surface area contributed by atoms with Crippen LogP contribution in [0.1, 0.15) is 49.0 Å². The summed E-state index contributed by atoms with van der Waals surface area (Å²) in [6.07, 6.45) is 3.25. The summed E-state index contributed by atoms with van der Waals surface area (Å²) in [5, 5.41) is 8.24. The van der Waals surface area contributed by atoms with E-state index in [0.29, 0.717) is 12.0 Å². The predicted octanol–water partition coefficient (Wildman–Crippen LogP) is 2.16. The van der Waals surface area contributed by atoms with Crippen LogP contribution in [0.5, 0.6) is 0 Å². The van der Waals surface area contributed by atoms with Gasteiger partial charge in [-0.15, -0.1) is 0 Å². The van der Waals surface area contributed by atoms with Crippen molar-refractivity contribution in [3.8, 4) is 0 Å². The fourth-order valence-electron chi connectivity index (χ4n) is 4.47. The van der Waals surface area contributed by atoms with E-state index in [1.54, 1.807) is 19.1 Å². The van der Waals surface area contributed by atoms with Gasteiger partial charge >= 0.3 is 0 Å². The molecule has 3 rings (SSSR count). The second-order valence-corrected chi connectivity index (χ2v) is 10.2. The molecule has 0 aliphatic carbocycles. The number of carbonyl (C=O) groups is 4. The molecule has 210 valence electrons. The number of anilines is 1. The number of hydrogen-bond donors (Lipinski definition) is 3. The number of rotatable bonds is 13. The number of hydrogen-bond acceptors (Lipinski definition) is 6. The number of nitrogens with one attached hydrogen (secondary N) is 3. The molecule has 3 N–H and O–H groups in total. The second-order valence-electron chi connectivity index (χ2n) is 10.2. The van der Waals surface area contributed by atoms with Crippen molar-refractivity contribution in [3.05, 3.63) is 65.7 Å². The summed E-state index contributed by atoms with van der Waals surface area (Å²) in [6.45, 7) is 7.41. The highest BCUT2D eigenvalue weighted by Crippen LogP contribution is 2.17. The third kappa shape index (κ3) is 9.21. The number of aldehydes is 1. The molecule has 0 saturated carbocycles. The van der Waals surface area contributed by atoms with Crippen LogP contribution in [0.4, 0.5) is 5.69 Å². The maximum atomic E-state index is 13.3. The fraction of sp³-hybridized carbons (Fsp3) is 0.467. The lowest BCUT2D eigenvalue weighted by Gasteiger charge is -2.34. The molecule has 39 heavy (non-hydrogen) atoms. The van der Waals surface area contributed by atoms with Gasteiger partial charge in [-0.25, -0.2) is 0 Å². The molecule has 0 unspecified atom stereocenters. The van der Waals surface area contributed by atoms with Crippen LogP contribution in [0.3, 0.4) is 0 Å². The topological polar surface area (TPSA) is 111 Å². The van der Waals surface area contributed by atoms with E-state index in [9.17, 15) is 19.2 Å². The van der Waals surface area contributed by atoms with E-state index in [1.165, 1.54) is 0 Å². The van der Waals surface area contributed by atoms with E-state index in [-0.39, 0.29) is 12.3 Å². The second kappa shape index (κ2) is 15.0. The number of benzene rings is 2. The van der Waals surface area contributed by atoms with Gasteiger partial charge in [0.15, 0.2) is 0 Å². The molecule has 3 atom stereocenters. The molecule has 0 spiro atoms. The molecule has 1 fully saturated rings. The molecule has 1 aliphatic heterocycles. The summed E-state index contributed by atoms with van der Waals surface area (Å²) < 4.78 is 0. The maximum Gasteiger partial charge on any atom is 0.251 e. The largest absolute Gasteiger partial charge is 0.369 e. The molecule has 2 aromatic carbocycles. The van der Waals surface area contributed by atoms with Gasteiger partial charge in [0.1, 0.15) is 18.4 Å². The monoisotopic (exact) mass is 535 g/mol. The molecule has 0 aromatic heterocycles. The smallest absolute Gasteiger partial charge is 0.251 e. The Kier molecular flexibility index (Phi) is 11.5. The molecule has 1 saturated heterocycles. The van der Waals surface area contributed by atoms with Gasteiger partial charge in [-0.2, -0.15) is 0 Å². The summed E-state index contributed by atoms with van der Waals surface area (Å²) in [5.41, 5.74) is 2.39. The van der Waals surface area contributed by atoms with Gasteiger partial charge in [0.25, 0.3) is 5.91 Å². The van der Waals surface area contributed by atoms with Crippen LogP contribution in [0.2, 0.25) is 0 Å². The van der Waals surface area contributed by atoms with Crippen molar-refractivity contribution in [1.82, 2.24) is 20.9 Å². The summed E-state index contributed by atoms with van der Waals surface area (Å²) >= 11 is 0. The van der Waals surface area contributed by atoms with E-state index in [0.717, 1.165) is 56.6 Å². The molecule has 0 bridgehead atoms. The van der Waals surface area contributed by atoms with E-state index in [2.05, 4.69) is 32.8 Å². The van der Waals surface area contributed by atoms with Crippen molar-refractivity contribution in [3.63, 3.8) is 0 Å². The highest BCUT2D eigenvalue weighted by Gasteiger charge is 2.26. The quantitative estimate of drug-likeness (QED) is 0.339. The van der Waals surface area contributed by atoms with Crippen LogP contribution in [0, 0.1) is 0 Å². The minimum Gasteiger partial charge on any atom is -0.369 e. The third-order valence-corrected chi connectivity index (χ3v) is 7.02. The normalized spacial score (nSPS) is 16.0. The summed E-state index contributed by atoms with van der Waals surface area (Å²) in [7, 11) is 2.11. The highest BCUT2D eigenvalue weighted by atomic mass is 16.2. The van der Waals surface area contributed by atoms with Crippen LogP contribution < -0.4 is 20.9 Å². The van der Waals surface area contributed by atoms with Gasteiger partial charge in [0, 0.05) is 43.9 Å². The van der Waals surface area contributed by atoms with Gasteiger partial charge in [0.05, 0.1) is 6.04 Å². The lowest BCUT2D eigenvalue weighted by molar-refractivity contribution is -0.130. The Balaban J connectivity index is 1.66. The minimum absolute atomic E-state index is 0.263. The Hall–Kier alpha value is -3.72. The molecule has 0 radical (unpaired) electrons. The van der Waals surface area contributed by atoms with Gasteiger partial charge in [-0.05, 0) is 50.2 Å². The lowest BCUT2D eigenvalue weighted by Crippen LogP contribution is -2.54. The first-order chi connectivity index (χ1) is 18.8. The molecular formula is C30H41N5O4. The van der Waals surface area contributed by atoms with Crippen LogP contribution in [-0.2, 0) is 20.8 Å². The highest BCUT2D eigenvalue weighted by molar-refractivity contribution is 5.98. The average molecular weight is 536 g/mol. The number of nitrogens with zero attached hydrogens (tertiary/aromatic N) is 2. The molecule has 1 heterocycles. The first-order valence-electron chi connectivity index (χ1n) is 13.7. The van der Waals surface area contributed by atoms with Crippen molar-refractivity contribution in [2.24, 2.45) is 0 Å². The van der Waals surface area contributed by atoms with Gasteiger partial charge in [0.2, 0.25) is 11.8 Å². The molecule has 9 nitrogen and oxygen atoms in total.